The Morgan fingerprint density at radius 1 is 1.25 bits per heavy atom. The van der Waals surface area contributed by atoms with E-state index in [9.17, 15) is 17.6 Å². The summed E-state index contributed by atoms with van der Waals surface area (Å²) in [5.74, 6) is -0.700. The van der Waals surface area contributed by atoms with Gasteiger partial charge in [0.15, 0.2) is 0 Å². The lowest BCUT2D eigenvalue weighted by Crippen LogP contribution is -2.50. The average Bonchev–Trinajstić information content (AvgIpc) is 2.55. The van der Waals surface area contributed by atoms with Gasteiger partial charge < -0.3 is 5.32 Å². The Bertz CT molecular complexity index is 432. The molecule has 2 rings (SSSR count). The molecule has 0 bridgehead atoms. The van der Waals surface area contributed by atoms with Gasteiger partial charge in [0.05, 0.1) is 12.0 Å². The summed E-state index contributed by atoms with van der Waals surface area (Å²) in [6.45, 7) is 3.21. The number of alkyl halides is 4. The third-order valence-electron chi connectivity index (χ3n) is 4.88. The Balaban J connectivity index is 2.06. The molecule has 1 saturated heterocycles. The molecule has 0 amide bonds. The zero-order valence-corrected chi connectivity index (χ0v) is 14.7. The number of hydrogen-bond donors (Lipinski definition) is 1. The van der Waals surface area contributed by atoms with Crippen molar-refractivity contribution in [3.63, 3.8) is 0 Å². The summed E-state index contributed by atoms with van der Waals surface area (Å²) in [6, 6.07) is 0.655. The number of nitriles is 1. The maximum Gasteiger partial charge on any atom is 0.405 e. The Hall–Kier alpha value is -0.520. The summed E-state index contributed by atoms with van der Waals surface area (Å²) < 4.78 is 55.9. The summed E-state index contributed by atoms with van der Waals surface area (Å²) in [7, 11) is 0. The number of hydrogen-bond acceptors (Lipinski definition) is 4. The number of nitrogens with one attached hydrogen (secondary N) is 1. The van der Waals surface area contributed by atoms with E-state index in [2.05, 4.69) is 11.4 Å². The van der Waals surface area contributed by atoms with Crippen molar-refractivity contribution >= 4 is 11.9 Å². The molecule has 3 atom stereocenters. The highest BCUT2D eigenvalue weighted by molar-refractivity contribution is 7.97. The van der Waals surface area contributed by atoms with Crippen molar-refractivity contribution in [1.82, 2.24) is 9.62 Å². The first-order valence-corrected chi connectivity index (χ1v) is 9.43. The van der Waals surface area contributed by atoms with Gasteiger partial charge in [0, 0.05) is 24.9 Å². The Morgan fingerprint density at radius 3 is 2.46 bits per heavy atom. The van der Waals surface area contributed by atoms with Crippen LogP contribution in [0.4, 0.5) is 17.6 Å². The first kappa shape index (κ1) is 19.8. The first-order valence-electron chi connectivity index (χ1n) is 8.59. The van der Waals surface area contributed by atoms with E-state index in [0.29, 0.717) is 19.5 Å². The molecule has 3 unspecified atom stereocenters. The van der Waals surface area contributed by atoms with E-state index in [0.717, 1.165) is 0 Å². The van der Waals surface area contributed by atoms with E-state index >= 15 is 0 Å². The molecule has 1 aliphatic heterocycles. The fraction of sp³-hybridized carbons (Fsp3) is 0.938. The van der Waals surface area contributed by atoms with E-state index in [1.807, 2.05) is 0 Å². The minimum absolute atomic E-state index is 0.0364. The third kappa shape index (κ3) is 5.24. The van der Waals surface area contributed by atoms with E-state index in [4.69, 9.17) is 5.26 Å². The van der Waals surface area contributed by atoms with Crippen molar-refractivity contribution in [2.24, 2.45) is 11.8 Å². The third-order valence-corrected chi connectivity index (χ3v) is 6.30. The van der Waals surface area contributed by atoms with Crippen molar-refractivity contribution in [3.05, 3.63) is 0 Å². The minimum atomic E-state index is -4.33. The van der Waals surface area contributed by atoms with Crippen molar-refractivity contribution < 1.29 is 17.6 Å². The molecular formula is C16H25F4N3S. The van der Waals surface area contributed by atoms with Crippen LogP contribution in [0.15, 0.2) is 0 Å². The SMILES string of the molecule is CCN(SC1CNCC(C#N)C1)C(C1CCC(F)CC1)C(F)(F)F. The second-order valence-corrected chi connectivity index (χ2v) is 8.03. The van der Waals surface area contributed by atoms with Crippen LogP contribution in [0.1, 0.15) is 39.0 Å². The maximum atomic E-state index is 13.7. The van der Waals surface area contributed by atoms with E-state index in [1.54, 1.807) is 6.92 Å². The second kappa shape index (κ2) is 8.72. The fourth-order valence-corrected chi connectivity index (χ4v) is 5.13. The van der Waals surface area contributed by atoms with Gasteiger partial charge in [-0.15, -0.1) is 0 Å². The number of rotatable bonds is 5. The molecule has 1 heterocycles. The predicted molar refractivity (Wildman–Crippen MR) is 87.0 cm³/mol. The van der Waals surface area contributed by atoms with Crippen LogP contribution in [0.25, 0.3) is 0 Å². The molecule has 0 spiro atoms. The van der Waals surface area contributed by atoms with Crippen LogP contribution < -0.4 is 5.32 Å². The quantitative estimate of drug-likeness (QED) is 0.591. The summed E-state index contributed by atoms with van der Waals surface area (Å²) in [5.41, 5.74) is 0. The van der Waals surface area contributed by atoms with Gasteiger partial charge in [-0.2, -0.15) is 18.4 Å². The summed E-state index contributed by atoms with van der Waals surface area (Å²) >= 11 is 1.22. The van der Waals surface area contributed by atoms with Crippen molar-refractivity contribution in [2.45, 2.75) is 62.7 Å². The maximum absolute atomic E-state index is 13.7. The molecule has 1 aliphatic carbocycles. The van der Waals surface area contributed by atoms with Crippen molar-refractivity contribution in [2.75, 3.05) is 19.6 Å². The average molecular weight is 367 g/mol. The van der Waals surface area contributed by atoms with Crippen LogP contribution in [0.3, 0.4) is 0 Å². The standard InChI is InChI=1S/C16H25F4N3S/c1-2-23(24-14-7-11(8-21)9-22-10-14)15(16(18,19)20)12-3-5-13(17)6-4-12/h11-15,22H,2-7,9-10H2,1H3. The molecule has 0 aromatic heterocycles. The molecule has 1 N–H and O–H groups in total. The summed E-state index contributed by atoms with van der Waals surface area (Å²) in [6.07, 6.45) is -3.67. The summed E-state index contributed by atoms with van der Waals surface area (Å²) in [4.78, 5) is 0. The van der Waals surface area contributed by atoms with Gasteiger partial charge in [0.2, 0.25) is 0 Å². The lowest BCUT2D eigenvalue weighted by atomic mass is 9.82. The van der Waals surface area contributed by atoms with Crippen LogP contribution in [0.2, 0.25) is 0 Å². The van der Waals surface area contributed by atoms with Crippen molar-refractivity contribution in [1.29, 1.82) is 5.26 Å². The Kier molecular flexibility index (Phi) is 7.20. The predicted octanol–water partition coefficient (Wildman–Crippen LogP) is 3.92. The minimum Gasteiger partial charge on any atom is -0.314 e. The molecule has 0 aromatic rings. The fourth-order valence-electron chi connectivity index (χ4n) is 3.67. The monoisotopic (exact) mass is 367 g/mol. The molecule has 2 aliphatic rings. The topological polar surface area (TPSA) is 39.1 Å². The van der Waals surface area contributed by atoms with Gasteiger partial charge >= 0.3 is 6.18 Å². The lowest BCUT2D eigenvalue weighted by molar-refractivity contribution is -0.186. The lowest BCUT2D eigenvalue weighted by Gasteiger charge is -2.41. The van der Waals surface area contributed by atoms with E-state index in [1.165, 1.54) is 16.3 Å². The largest absolute Gasteiger partial charge is 0.405 e. The highest BCUT2D eigenvalue weighted by Crippen LogP contribution is 2.42. The molecule has 2 fully saturated rings. The van der Waals surface area contributed by atoms with Gasteiger partial charge in [-0.05, 0) is 38.0 Å². The highest BCUT2D eigenvalue weighted by Gasteiger charge is 2.49. The number of piperidine rings is 1. The van der Waals surface area contributed by atoms with E-state index < -0.39 is 24.3 Å². The molecule has 138 valence electrons. The van der Waals surface area contributed by atoms with Gasteiger partial charge in [-0.3, -0.25) is 0 Å². The number of nitrogens with zero attached hydrogens (tertiary/aromatic N) is 2. The van der Waals surface area contributed by atoms with Gasteiger partial charge in [-0.1, -0.05) is 18.9 Å². The molecule has 0 radical (unpaired) electrons. The molecule has 1 saturated carbocycles. The molecule has 0 aromatic carbocycles. The Morgan fingerprint density at radius 2 is 1.92 bits per heavy atom. The van der Waals surface area contributed by atoms with Crippen LogP contribution in [-0.2, 0) is 0 Å². The van der Waals surface area contributed by atoms with Crippen LogP contribution in [0, 0.1) is 23.2 Å². The second-order valence-electron chi connectivity index (χ2n) is 6.68. The first-order chi connectivity index (χ1) is 11.3. The smallest absolute Gasteiger partial charge is 0.314 e. The molecular weight excluding hydrogens is 342 g/mol. The molecule has 24 heavy (non-hydrogen) atoms. The van der Waals surface area contributed by atoms with Crippen LogP contribution in [0.5, 0.6) is 0 Å². The number of halogens is 4. The van der Waals surface area contributed by atoms with Crippen LogP contribution >= 0.6 is 11.9 Å². The molecule has 8 heteroatoms. The van der Waals surface area contributed by atoms with Gasteiger partial charge in [0.1, 0.15) is 12.2 Å². The summed E-state index contributed by atoms with van der Waals surface area (Å²) in [5, 5.41) is 12.1. The zero-order chi connectivity index (χ0) is 17.7. The van der Waals surface area contributed by atoms with Crippen LogP contribution in [-0.4, -0.2) is 47.6 Å². The molecule has 3 nitrogen and oxygen atoms in total. The normalized spacial score (nSPS) is 33.2. The Labute approximate surface area is 145 Å². The van der Waals surface area contributed by atoms with Gasteiger partial charge in [-0.25, -0.2) is 8.70 Å². The van der Waals surface area contributed by atoms with Crippen molar-refractivity contribution in [3.8, 4) is 6.07 Å². The zero-order valence-electron chi connectivity index (χ0n) is 13.9. The van der Waals surface area contributed by atoms with E-state index in [-0.39, 0.29) is 43.4 Å². The van der Waals surface area contributed by atoms with Gasteiger partial charge in [0.25, 0.3) is 0 Å². The highest BCUT2D eigenvalue weighted by atomic mass is 32.2.